The van der Waals surface area contributed by atoms with E-state index in [2.05, 4.69) is 11.4 Å². The van der Waals surface area contributed by atoms with Crippen LogP contribution < -0.4 is 5.32 Å². The molecule has 86 valence electrons. The molecule has 16 heavy (non-hydrogen) atoms. The second kappa shape index (κ2) is 4.19. The number of benzene rings is 1. The van der Waals surface area contributed by atoms with E-state index in [1.807, 2.05) is 6.07 Å². The Morgan fingerprint density at radius 1 is 1.31 bits per heavy atom. The first-order valence-corrected chi connectivity index (χ1v) is 6.32. The van der Waals surface area contributed by atoms with Crippen LogP contribution in [0.2, 0.25) is 10.0 Å². The van der Waals surface area contributed by atoms with Crippen LogP contribution in [0.3, 0.4) is 0 Å². The number of halogens is 2. The van der Waals surface area contributed by atoms with Gasteiger partial charge in [0.15, 0.2) is 0 Å². The maximum Gasteiger partial charge on any atom is 0.0738 e. The topological polar surface area (TPSA) is 21.3 Å². The predicted molar refractivity (Wildman–Crippen MR) is 65.3 cm³/mol. The highest BCUT2D eigenvalue weighted by atomic mass is 35.5. The lowest BCUT2D eigenvalue weighted by atomic mass is 9.84. The van der Waals surface area contributed by atoms with E-state index in [0.29, 0.717) is 28.7 Å². The standard InChI is InChI=1S/C12H13Cl2NO/c13-10-2-1-7-8-5-15-4-3-11(8)16-6-9(7)12(10)14/h1-2,8,11,15H,3-6H2/t8-,11+/m0/s1. The molecule has 0 unspecified atom stereocenters. The zero-order chi connectivity index (χ0) is 11.1. The Bertz CT molecular complexity index is 422. The summed E-state index contributed by atoms with van der Waals surface area (Å²) in [6.45, 7) is 2.60. The summed E-state index contributed by atoms with van der Waals surface area (Å²) in [4.78, 5) is 0. The van der Waals surface area contributed by atoms with Crippen LogP contribution in [-0.4, -0.2) is 19.2 Å². The lowest BCUT2D eigenvalue weighted by Crippen LogP contribution is -2.42. The highest BCUT2D eigenvalue weighted by Crippen LogP contribution is 2.39. The third-order valence-corrected chi connectivity index (χ3v) is 4.34. The third kappa shape index (κ3) is 1.65. The van der Waals surface area contributed by atoms with Gasteiger partial charge in [-0.1, -0.05) is 29.3 Å². The Hall–Kier alpha value is -0.280. The first kappa shape index (κ1) is 10.8. The fourth-order valence-electron chi connectivity index (χ4n) is 2.64. The molecule has 3 rings (SSSR count). The molecule has 2 aliphatic heterocycles. The van der Waals surface area contributed by atoms with E-state index in [4.69, 9.17) is 27.9 Å². The molecule has 2 aliphatic rings. The largest absolute Gasteiger partial charge is 0.373 e. The van der Waals surface area contributed by atoms with E-state index in [1.54, 1.807) is 0 Å². The number of rotatable bonds is 0. The normalized spacial score (nSPS) is 28.4. The van der Waals surface area contributed by atoms with Gasteiger partial charge >= 0.3 is 0 Å². The molecule has 1 N–H and O–H groups in total. The van der Waals surface area contributed by atoms with Gasteiger partial charge in [-0.05, 0) is 24.6 Å². The van der Waals surface area contributed by atoms with Gasteiger partial charge in [0, 0.05) is 18.0 Å². The maximum absolute atomic E-state index is 6.21. The molecule has 0 radical (unpaired) electrons. The van der Waals surface area contributed by atoms with Crippen LogP contribution in [0, 0.1) is 0 Å². The van der Waals surface area contributed by atoms with Gasteiger partial charge in [-0.3, -0.25) is 0 Å². The summed E-state index contributed by atoms with van der Waals surface area (Å²) in [5.74, 6) is 0.423. The number of hydrogen-bond acceptors (Lipinski definition) is 2. The Labute approximate surface area is 105 Å². The first-order chi connectivity index (χ1) is 7.77. The van der Waals surface area contributed by atoms with E-state index in [1.165, 1.54) is 5.56 Å². The molecule has 1 aromatic rings. The van der Waals surface area contributed by atoms with Crippen molar-refractivity contribution in [2.75, 3.05) is 13.1 Å². The second-order valence-electron chi connectivity index (χ2n) is 4.38. The van der Waals surface area contributed by atoms with E-state index in [9.17, 15) is 0 Å². The van der Waals surface area contributed by atoms with Gasteiger partial charge in [0.1, 0.15) is 0 Å². The van der Waals surface area contributed by atoms with Crippen molar-refractivity contribution in [2.45, 2.75) is 25.0 Å². The third-order valence-electron chi connectivity index (χ3n) is 3.49. The molecule has 2 atom stereocenters. The molecule has 0 saturated carbocycles. The molecular formula is C12H13Cl2NO. The number of hydrogen-bond donors (Lipinski definition) is 1. The average Bonchev–Trinajstić information content (AvgIpc) is 2.33. The van der Waals surface area contributed by atoms with Gasteiger partial charge in [-0.25, -0.2) is 0 Å². The molecule has 4 heteroatoms. The van der Waals surface area contributed by atoms with Gasteiger partial charge in [0.05, 0.1) is 22.8 Å². The van der Waals surface area contributed by atoms with Crippen molar-refractivity contribution >= 4 is 23.2 Å². The second-order valence-corrected chi connectivity index (χ2v) is 5.16. The number of ether oxygens (including phenoxy) is 1. The summed E-state index contributed by atoms with van der Waals surface area (Å²) < 4.78 is 5.86. The molecule has 2 nitrogen and oxygen atoms in total. The van der Waals surface area contributed by atoms with E-state index < -0.39 is 0 Å². The van der Waals surface area contributed by atoms with Crippen molar-refractivity contribution < 1.29 is 4.74 Å². The average molecular weight is 258 g/mol. The lowest BCUT2D eigenvalue weighted by molar-refractivity contribution is -0.00674. The molecule has 1 saturated heterocycles. The molecule has 1 aromatic carbocycles. The van der Waals surface area contributed by atoms with Crippen LogP contribution in [0.1, 0.15) is 23.5 Å². The Morgan fingerprint density at radius 3 is 3.06 bits per heavy atom. The van der Waals surface area contributed by atoms with Crippen LogP contribution in [0.4, 0.5) is 0 Å². The van der Waals surface area contributed by atoms with Crippen molar-refractivity contribution in [1.82, 2.24) is 5.32 Å². The van der Waals surface area contributed by atoms with E-state index >= 15 is 0 Å². The fraction of sp³-hybridized carbons (Fsp3) is 0.500. The van der Waals surface area contributed by atoms with Crippen molar-refractivity contribution in [3.8, 4) is 0 Å². The highest BCUT2D eigenvalue weighted by Gasteiger charge is 2.33. The summed E-state index contributed by atoms with van der Waals surface area (Å²) in [7, 11) is 0. The quantitative estimate of drug-likeness (QED) is 0.772. The SMILES string of the molecule is Clc1ccc2c(c1Cl)CO[C@@H]1CCNC[C@@H]21. The number of fused-ring (bicyclic) bond motifs is 3. The van der Waals surface area contributed by atoms with Gasteiger partial charge in [-0.2, -0.15) is 0 Å². The summed E-state index contributed by atoms with van der Waals surface area (Å²) in [6, 6.07) is 3.98. The van der Waals surface area contributed by atoms with Crippen molar-refractivity contribution in [3.63, 3.8) is 0 Å². The van der Waals surface area contributed by atoms with Crippen LogP contribution in [0.25, 0.3) is 0 Å². The molecule has 0 spiro atoms. The Morgan fingerprint density at radius 2 is 2.19 bits per heavy atom. The molecule has 2 heterocycles. The first-order valence-electron chi connectivity index (χ1n) is 5.56. The monoisotopic (exact) mass is 257 g/mol. The summed E-state index contributed by atoms with van der Waals surface area (Å²) in [5.41, 5.74) is 2.37. The van der Waals surface area contributed by atoms with Crippen LogP contribution in [-0.2, 0) is 11.3 Å². The minimum atomic E-state index is 0.339. The van der Waals surface area contributed by atoms with Crippen molar-refractivity contribution in [2.24, 2.45) is 0 Å². The van der Waals surface area contributed by atoms with Gasteiger partial charge in [0.2, 0.25) is 0 Å². The van der Waals surface area contributed by atoms with E-state index in [0.717, 1.165) is 25.1 Å². The van der Waals surface area contributed by atoms with Crippen molar-refractivity contribution in [3.05, 3.63) is 33.3 Å². The zero-order valence-corrected chi connectivity index (χ0v) is 10.3. The Kier molecular flexibility index (Phi) is 2.84. The molecule has 0 aromatic heterocycles. The summed E-state index contributed by atoms with van der Waals surface area (Å²) >= 11 is 12.2. The zero-order valence-electron chi connectivity index (χ0n) is 8.80. The summed E-state index contributed by atoms with van der Waals surface area (Å²) in [6.07, 6.45) is 1.41. The molecular weight excluding hydrogens is 245 g/mol. The molecule has 0 amide bonds. The van der Waals surface area contributed by atoms with Gasteiger partial charge in [0.25, 0.3) is 0 Å². The number of piperidine rings is 1. The minimum absolute atomic E-state index is 0.339. The van der Waals surface area contributed by atoms with Crippen LogP contribution in [0.5, 0.6) is 0 Å². The molecule has 0 aliphatic carbocycles. The predicted octanol–water partition coefficient (Wildman–Crippen LogP) is 2.97. The minimum Gasteiger partial charge on any atom is -0.373 e. The summed E-state index contributed by atoms with van der Waals surface area (Å²) in [5, 5.41) is 4.68. The van der Waals surface area contributed by atoms with Crippen molar-refractivity contribution in [1.29, 1.82) is 0 Å². The highest BCUT2D eigenvalue weighted by molar-refractivity contribution is 6.42. The van der Waals surface area contributed by atoms with Crippen LogP contribution >= 0.6 is 23.2 Å². The Balaban J connectivity index is 2.05. The van der Waals surface area contributed by atoms with Gasteiger partial charge < -0.3 is 10.1 Å². The molecule has 1 fully saturated rings. The van der Waals surface area contributed by atoms with Crippen LogP contribution in [0.15, 0.2) is 12.1 Å². The lowest BCUT2D eigenvalue weighted by Gasteiger charge is -2.37. The fourth-order valence-corrected chi connectivity index (χ4v) is 3.04. The smallest absolute Gasteiger partial charge is 0.0738 e. The number of nitrogens with one attached hydrogen (secondary N) is 1. The van der Waals surface area contributed by atoms with E-state index in [-0.39, 0.29) is 0 Å². The molecule has 0 bridgehead atoms. The maximum atomic E-state index is 6.21. The van der Waals surface area contributed by atoms with Gasteiger partial charge in [-0.15, -0.1) is 0 Å².